The maximum Gasteiger partial charge on any atom is 0.338 e. The Kier molecular flexibility index (Phi) is 17.1. The number of carbonyl (C=O) groups is 5. The molecule has 0 amide bonds. The van der Waals surface area contributed by atoms with Gasteiger partial charge in [-0.3, -0.25) is 4.79 Å². The molecule has 70 heavy (non-hydrogen) atoms. The average Bonchev–Trinajstić information content (AvgIpc) is 3.40. The molecule has 0 saturated carbocycles. The molecule has 0 spiro atoms. The number of hydrogen-bond donors (Lipinski definition) is 0. The molecule has 0 radical (unpaired) electrons. The van der Waals surface area contributed by atoms with Crippen LogP contribution in [-0.2, 0) is 56.9 Å². The summed E-state index contributed by atoms with van der Waals surface area (Å²) in [6, 6.07) is 41.9. The standard InChI is InChI=1S/C53H52O16S/c1-4-60-46(54)32(2)70-45-41-39(31-62-51(69-41)37-28-18-9-19-29-37)64-53(44(45)67-50(58)36-26-16-8-17-27-36)68-40-38(30-61-47(55)33-20-10-5-11-21-33)63-52(59-3)43(66-49(57)35-24-14-7-15-25-35)42(40)65-48(56)34-22-12-6-13-23-34/h5-29,32,38-45,51-53H,4,30-31H2,1-3H3/t32?,38-,39-,40-,41+,42+,43-,44-,45+,51?,52-,53+/m1/s1. The fraction of sp³-hybridized carbons (Fsp3) is 0.340. The third kappa shape index (κ3) is 12.1. The summed E-state index contributed by atoms with van der Waals surface area (Å²) in [5.41, 5.74) is 1.44. The second kappa shape index (κ2) is 23.9. The van der Waals surface area contributed by atoms with Crippen LogP contribution in [0.4, 0.5) is 0 Å². The zero-order valence-electron chi connectivity index (χ0n) is 38.4. The van der Waals surface area contributed by atoms with Crippen molar-refractivity contribution in [3.8, 4) is 0 Å². The van der Waals surface area contributed by atoms with Crippen LogP contribution in [0, 0.1) is 0 Å². The zero-order valence-corrected chi connectivity index (χ0v) is 39.2. The van der Waals surface area contributed by atoms with Crippen LogP contribution in [0.2, 0.25) is 0 Å². The van der Waals surface area contributed by atoms with Crippen molar-refractivity contribution in [1.29, 1.82) is 0 Å². The Bertz CT molecular complexity index is 2500. The number of fused-ring (bicyclic) bond motifs is 1. The van der Waals surface area contributed by atoms with Gasteiger partial charge in [-0.1, -0.05) is 103 Å². The summed E-state index contributed by atoms with van der Waals surface area (Å²) >= 11 is 1.13. The van der Waals surface area contributed by atoms with Gasteiger partial charge in [-0.25, -0.2) is 19.2 Å². The fourth-order valence-electron chi connectivity index (χ4n) is 8.16. The SMILES string of the molecule is CCOC(=O)C(C)S[C@H]1[C@H]2OC(c3ccccc3)OC[C@H]2O[C@@H](O[C@H]2[C@H](OC(=O)c3ccccc3)[C@@H](OC(=O)c3ccccc3)[C@H](OC)O[C@@H]2COC(=O)c2ccccc2)[C@@H]1OC(=O)c1ccccc1. The number of esters is 5. The summed E-state index contributed by atoms with van der Waals surface area (Å²) in [5.74, 6) is -3.67. The lowest BCUT2D eigenvalue weighted by Crippen LogP contribution is -2.67. The highest BCUT2D eigenvalue weighted by atomic mass is 32.2. The molecular formula is C53H52O16S. The Balaban J connectivity index is 1.22. The first-order chi connectivity index (χ1) is 34.1. The minimum absolute atomic E-state index is 0.0525. The molecule has 366 valence electrons. The predicted molar refractivity (Wildman–Crippen MR) is 250 cm³/mol. The van der Waals surface area contributed by atoms with Gasteiger partial charge < -0.3 is 52.1 Å². The third-order valence-electron chi connectivity index (χ3n) is 11.6. The Hall–Kier alpha value is -6.44. The van der Waals surface area contributed by atoms with E-state index in [1.165, 1.54) is 19.2 Å². The summed E-state index contributed by atoms with van der Waals surface area (Å²) in [5, 5.41) is -1.77. The molecular weight excluding hydrogens is 925 g/mol. The van der Waals surface area contributed by atoms with Gasteiger partial charge >= 0.3 is 29.8 Å². The molecule has 3 aliphatic rings. The third-order valence-corrected chi connectivity index (χ3v) is 13.0. The van der Waals surface area contributed by atoms with Gasteiger partial charge in [0.25, 0.3) is 0 Å². The molecule has 0 bridgehead atoms. The van der Waals surface area contributed by atoms with Crippen LogP contribution >= 0.6 is 11.8 Å². The van der Waals surface area contributed by atoms with Crippen LogP contribution < -0.4 is 0 Å². The first kappa shape index (κ1) is 50.0. The number of ether oxygens (including phenoxy) is 11. The molecule has 3 saturated heterocycles. The van der Waals surface area contributed by atoms with Gasteiger partial charge in [-0.15, -0.1) is 11.8 Å². The summed E-state index contributed by atoms with van der Waals surface area (Å²) in [6.45, 7) is 2.90. The zero-order chi connectivity index (χ0) is 49.0. The Morgan fingerprint density at radius 1 is 0.571 bits per heavy atom. The van der Waals surface area contributed by atoms with Crippen LogP contribution in [0.5, 0.6) is 0 Å². The largest absolute Gasteiger partial charge is 0.465 e. The minimum Gasteiger partial charge on any atom is -0.465 e. The summed E-state index contributed by atoms with van der Waals surface area (Å²) in [4.78, 5) is 69.4. The van der Waals surface area contributed by atoms with Crippen molar-refractivity contribution >= 4 is 41.6 Å². The van der Waals surface area contributed by atoms with Crippen LogP contribution in [0.3, 0.4) is 0 Å². The molecule has 5 aromatic rings. The Morgan fingerprint density at radius 3 is 1.57 bits per heavy atom. The van der Waals surface area contributed by atoms with E-state index in [0.29, 0.717) is 5.56 Å². The maximum absolute atomic E-state index is 14.3. The van der Waals surface area contributed by atoms with Gasteiger partial charge in [0.15, 0.2) is 37.2 Å². The van der Waals surface area contributed by atoms with Gasteiger partial charge in [0.1, 0.15) is 36.3 Å². The van der Waals surface area contributed by atoms with Crippen LogP contribution in [0.25, 0.3) is 0 Å². The molecule has 3 heterocycles. The monoisotopic (exact) mass is 976 g/mol. The molecule has 12 atom stereocenters. The van der Waals surface area contributed by atoms with E-state index in [0.717, 1.165) is 11.8 Å². The van der Waals surface area contributed by atoms with Crippen LogP contribution in [0.15, 0.2) is 152 Å². The first-order valence-corrected chi connectivity index (χ1v) is 23.7. The second-order valence-electron chi connectivity index (χ2n) is 16.3. The smallest absolute Gasteiger partial charge is 0.338 e. The molecule has 0 aromatic heterocycles. The topological polar surface area (TPSA) is 187 Å². The average molecular weight is 977 g/mol. The fourth-order valence-corrected chi connectivity index (χ4v) is 9.54. The highest BCUT2D eigenvalue weighted by Gasteiger charge is 2.58. The van der Waals surface area contributed by atoms with Crippen molar-refractivity contribution in [3.05, 3.63) is 179 Å². The summed E-state index contributed by atoms with van der Waals surface area (Å²) in [7, 11) is 1.31. The number of benzene rings is 5. The molecule has 3 fully saturated rings. The summed E-state index contributed by atoms with van der Waals surface area (Å²) in [6.07, 6.45) is -13.2. The van der Waals surface area contributed by atoms with Crippen molar-refractivity contribution < 1.29 is 76.1 Å². The van der Waals surface area contributed by atoms with E-state index in [4.69, 9.17) is 52.1 Å². The van der Waals surface area contributed by atoms with Gasteiger partial charge in [-0.2, -0.15) is 0 Å². The molecule has 0 aliphatic carbocycles. The van der Waals surface area contributed by atoms with Crippen molar-refractivity contribution in [3.63, 3.8) is 0 Å². The Labute approximate surface area is 408 Å². The van der Waals surface area contributed by atoms with E-state index < -0.39 is 109 Å². The van der Waals surface area contributed by atoms with E-state index in [-0.39, 0.29) is 35.5 Å². The molecule has 3 aliphatic heterocycles. The van der Waals surface area contributed by atoms with Crippen molar-refractivity contribution in [2.45, 2.75) is 85.9 Å². The Morgan fingerprint density at radius 2 is 1.06 bits per heavy atom. The van der Waals surface area contributed by atoms with E-state index in [9.17, 15) is 24.0 Å². The molecule has 8 rings (SSSR count). The molecule has 2 unspecified atom stereocenters. The van der Waals surface area contributed by atoms with Gasteiger partial charge in [0, 0.05) is 12.7 Å². The maximum atomic E-state index is 14.3. The molecule has 5 aromatic carbocycles. The van der Waals surface area contributed by atoms with Gasteiger partial charge in [-0.05, 0) is 62.4 Å². The predicted octanol–water partition coefficient (Wildman–Crippen LogP) is 7.17. The molecule has 16 nitrogen and oxygen atoms in total. The van der Waals surface area contributed by atoms with Crippen LogP contribution in [-0.4, -0.2) is 123 Å². The lowest BCUT2D eigenvalue weighted by Gasteiger charge is -2.51. The van der Waals surface area contributed by atoms with E-state index >= 15 is 0 Å². The highest BCUT2D eigenvalue weighted by Crippen LogP contribution is 2.43. The lowest BCUT2D eigenvalue weighted by atomic mass is 9.96. The van der Waals surface area contributed by atoms with E-state index in [2.05, 4.69) is 0 Å². The number of methoxy groups -OCH3 is 1. The number of rotatable bonds is 17. The van der Waals surface area contributed by atoms with Gasteiger partial charge in [0.05, 0.1) is 40.7 Å². The second-order valence-corrected chi connectivity index (χ2v) is 17.8. The van der Waals surface area contributed by atoms with Gasteiger partial charge in [0.2, 0.25) is 0 Å². The normalized spacial score (nSPS) is 26.6. The van der Waals surface area contributed by atoms with E-state index in [1.54, 1.807) is 123 Å². The number of hydrogen-bond acceptors (Lipinski definition) is 17. The highest BCUT2D eigenvalue weighted by molar-refractivity contribution is 8.01. The quantitative estimate of drug-likeness (QED) is 0.0674. The van der Waals surface area contributed by atoms with Crippen LogP contribution in [0.1, 0.15) is 67.1 Å². The minimum atomic E-state index is -1.60. The van der Waals surface area contributed by atoms with E-state index in [1.807, 2.05) is 30.3 Å². The lowest BCUT2D eigenvalue weighted by molar-refractivity contribution is -0.365. The van der Waals surface area contributed by atoms with Crippen molar-refractivity contribution in [1.82, 2.24) is 0 Å². The van der Waals surface area contributed by atoms with Crippen molar-refractivity contribution in [2.75, 3.05) is 26.9 Å². The first-order valence-electron chi connectivity index (χ1n) is 22.7. The van der Waals surface area contributed by atoms with Crippen molar-refractivity contribution in [2.24, 2.45) is 0 Å². The molecule has 0 N–H and O–H groups in total. The number of carbonyl (C=O) groups excluding carboxylic acids is 5. The molecule has 17 heteroatoms. The number of thioether (sulfide) groups is 1. The summed E-state index contributed by atoms with van der Waals surface area (Å²) < 4.78 is 69.1.